The van der Waals surface area contributed by atoms with Crippen LogP contribution in [0.25, 0.3) is 0 Å². The van der Waals surface area contributed by atoms with Gasteiger partial charge >= 0.3 is 0 Å². The van der Waals surface area contributed by atoms with E-state index in [0.717, 1.165) is 0 Å². The molecule has 0 aliphatic carbocycles. The minimum Gasteiger partial charge on any atom is -0.395 e. The van der Waals surface area contributed by atoms with Crippen molar-refractivity contribution in [2.75, 3.05) is 6.61 Å². The summed E-state index contributed by atoms with van der Waals surface area (Å²) in [5.74, 6) is 0.303. The summed E-state index contributed by atoms with van der Waals surface area (Å²) < 4.78 is 26.9. The normalized spacial score (nSPS) is 15.5. The fourth-order valence-electron chi connectivity index (χ4n) is 1.66. The van der Waals surface area contributed by atoms with Crippen LogP contribution in [0.4, 0.5) is 0 Å². The zero-order valence-electron chi connectivity index (χ0n) is 11.3. The van der Waals surface area contributed by atoms with E-state index < -0.39 is 16.1 Å². The fourth-order valence-corrected chi connectivity index (χ4v) is 3.10. The maximum absolute atomic E-state index is 12.2. The number of rotatable bonds is 6. The first-order valence-electron chi connectivity index (χ1n) is 6.16. The molecule has 0 saturated heterocycles. The number of sulfonamides is 1. The fraction of sp³-hybridized carbons (Fsp3) is 0.538. The second kappa shape index (κ2) is 6.70. The molecule has 108 valence electrons. The van der Waals surface area contributed by atoms with Crippen molar-refractivity contribution in [3.05, 3.63) is 29.3 Å². The molecule has 0 unspecified atom stereocenters. The molecule has 1 aromatic rings. The molecule has 1 rings (SSSR count). The smallest absolute Gasteiger partial charge is 0.240 e. The van der Waals surface area contributed by atoms with Crippen LogP contribution >= 0.6 is 11.6 Å². The minimum absolute atomic E-state index is 0.0343. The number of aliphatic hydroxyl groups excluding tert-OH is 1. The van der Waals surface area contributed by atoms with E-state index in [1.807, 2.05) is 20.8 Å². The zero-order valence-corrected chi connectivity index (χ0v) is 12.9. The number of nitrogens with one attached hydrogen (secondary N) is 1. The summed E-state index contributed by atoms with van der Waals surface area (Å²) in [7, 11) is -3.64. The topological polar surface area (TPSA) is 66.4 Å². The molecule has 0 bridgehead atoms. The van der Waals surface area contributed by atoms with Gasteiger partial charge in [0.1, 0.15) is 0 Å². The number of hydrogen-bond acceptors (Lipinski definition) is 3. The highest BCUT2D eigenvalue weighted by Gasteiger charge is 2.25. The van der Waals surface area contributed by atoms with Gasteiger partial charge in [-0.05, 0) is 36.1 Å². The third-order valence-corrected chi connectivity index (χ3v) is 5.07. The Bertz CT molecular complexity index is 499. The van der Waals surface area contributed by atoms with Crippen molar-refractivity contribution in [3.8, 4) is 0 Å². The number of hydrogen-bond donors (Lipinski definition) is 2. The van der Waals surface area contributed by atoms with Gasteiger partial charge in [-0.3, -0.25) is 0 Å². The van der Waals surface area contributed by atoms with E-state index in [-0.39, 0.29) is 23.3 Å². The van der Waals surface area contributed by atoms with Crippen LogP contribution in [-0.2, 0) is 10.0 Å². The molecular formula is C13H20ClNO3S. The summed E-state index contributed by atoms with van der Waals surface area (Å²) in [5, 5.41) is 9.83. The van der Waals surface area contributed by atoms with Gasteiger partial charge in [0.2, 0.25) is 10.0 Å². The summed E-state index contributed by atoms with van der Waals surface area (Å²) in [6.07, 6.45) is 0. The SMILES string of the molecule is CC(C)[C@@H](C)[C@@H](CO)NS(=O)(=O)c1ccc(Cl)cc1. The minimum atomic E-state index is -3.64. The van der Waals surface area contributed by atoms with Crippen LogP contribution in [-0.4, -0.2) is 26.2 Å². The van der Waals surface area contributed by atoms with Gasteiger partial charge in [-0.1, -0.05) is 32.4 Å². The second-order valence-electron chi connectivity index (χ2n) is 4.97. The molecule has 0 radical (unpaired) electrons. The Morgan fingerprint density at radius 2 is 1.74 bits per heavy atom. The molecule has 0 saturated carbocycles. The second-order valence-corrected chi connectivity index (χ2v) is 7.12. The Morgan fingerprint density at radius 3 is 2.16 bits per heavy atom. The Hall–Kier alpha value is -0.620. The highest BCUT2D eigenvalue weighted by Crippen LogP contribution is 2.18. The van der Waals surface area contributed by atoms with E-state index in [4.69, 9.17) is 11.6 Å². The zero-order chi connectivity index (χ0) is 14.6. The quantitative estimate of drug-likeness (QED) is 0.847. The van der Waals surface area contributed by atoms with E-state index in [1.165, 1.54) is 24.3 Å². The number of aliphatic hydroxyl groups is 1. The lowest BCUT2D eigenvalue weighted by molar-refractivity contribution is 0.197. The summed E-state index contributed by atoms with van der Waals surface area (Å²) in [6.45, 7) is 5.66. The van der Waals surface area contributed by atoms with Gasteiger partial charge < -0.3 is 5.11 Å². The molecule has 19 heavy (non-hydrogen) atoms. The van der Waals surface area contributed by atoms with Crippen LogP contribution in [0.5, 0.6) is 0 Å². The molecule has 2 N–H and O–H groups in total. The molecule has 0 heterocycles. The molecule has 6 heteroatoms. The van der Waals surface area contributed by atoms with Gasteiger partial charge in [0.05, 0.1) is 11.5 Å². The van der Waals surface area contributed by atoms with Crippen LogP contribution in [0.15, 0.2) is 29.2 Å². The van der Waals surface area contributed by atoms with Crippen molar-refractivity contribution in [3.63, 3.8) is 0 Å². The van der Waals surface area contributed by atoms with Crippen LogP contribution in [0.2, 0.25) is 5.02 Å². The predicted molar refractivity (Wildman–Crippen MR) is 76.6 cm³/mol. The van der Waals surface area contributed by atoms with Gasteiger partial charge in [-0.15, -0.1) is 0 Å². The highest BCUT2D eigenvalue weighted by molar-refractivity contribution is 7.89. The Balaban J connectivity index is 2.92. The monoisotopic (exact) mass is 305 g/mol. The molecule has 0 amide bonds. The average Bonchev–Trinajstić information content (AvgIpc) is 2.35. The predicted octanol–water partition coefficient (Wildman–Crippen LogP) is 2.27. The summed E-state index contributed by atoms with van der Waals surface area (Å²) in [4.78, 5) is 0.145. The summed E-state index contributed by atoms with van der Waals surface area (Å²) in [5.41, 5.74) is 0. The maximum atomic E-state index is 12.2. The molecule has 0 aromatic heterocycles. The van der Waals surface area contributed by atoms with E-state index in [2.05, 4.69) is 4.72 Å². The molecule has 0 aliphatic rings. The molecular weight excluding hydrogens is 286 g/mol. The van der Waals surface area contributed by atoms with Gasteiger partial charge in [-0.25, -0.2) is 13.1 Å². The van der Waals surface area contributed by atoms with E-state index >= 15 is 0 Å². The van der Waals surface area contributed by atoms with Crippen molar-refractivity contribution < 1.29 is 13.5 Å². The van der Waals surface area contributed by atoms with Crippen LogP contribution in [0.1, 0.15) is 20.8 Å². The third kappa shape index (κ3) is 4.45. The first kappa shape index (κ1) is 16.4. The highest BCUT2D eigenvalue weighted by atomic mass is 35.5. The Labute approximate surface area is 119 Å². The maximum Gasteiger partial charge on any atom is 0.240 e. The van der Waals surface area contributed by atoms with E-state index in [9.17, 15) is 13.5 Å². The number of benzene rings is 1. The summed E-state index contributed by atoms with van der Waals surface area (Å²) in [6, 6.07) is 5.44. The van der Waals surface area contributed by atoms with Gasteiger partial charge in [0.25, 0.3) is 0 Å². The van der Waals surface area contributed by atoms with Crippen molar-refractivity contribution in [2.45, 2.75) is 31.7 Å². The van der Waals surface area contributed by atoms with E-state index in [0.29, 0.717) is 5.02 Å². The largest absolute Gasteiger partial charge is 0.395 e. The van der Waals surface area contributed by atoms with Gasteiger partial charge in [0, 0.05) is 11.1 Å². The lowest BCUT2D eigenvalue weighted by Crippen LogP contribution is -2.43. The Kier molecular flexibility index (Phi) is 5.80. The van der Waals surface area contributed by atoms with Crippen molar-refractivity contribution in [2.24, 2.45) is 11.8 Å². The van der Waals surface area contributed by atoms with Crippen LogP contribution in [0, 0.1) is 11.8 Å². The molecule has 0 spiro atoms. The van der Waals surface area contributed by atoms with Gasteiger partial charge in [0.15, 0.2) is 0 Å². The molecule has 0 aliphatic heterocycles. The summed E-state index contributed by atoms with van der Waals surface area (Å²) >= 11 is 5.73. The van der Waals surface area contributed by atoms with Crippen molar-refractivity contribution in [1.29, 1.82) is 0 Å². The Morgan fingerprint density at radius 1 is 1.21 bits per heavy atom. The molecule has 1 aromatic carbocycles. The molecule has 4 nitrogen and oxygen atoms in total. The average molecular weight is 306 g/mol. The van der Waals surface area contributed by atoms with Crippen molar-refractivity contribution >= 4 is 21.6 Å². The first-order valence-corrected chi connectivity index (χ1v) is 8.02. The number of halogens is 1. The lowest BCUT2D eigenvalue weighted by Gasteiger charge is -2.26. The van der Waals surface area contributed by atoms with Crippen molar-refractivity contribution in [1.82, 2.24) is 4.72 Å². The first-order chi connectivity index (χ1) is 8.77. The van der Waals surface area contributed by atoms with Crippen LogP contribution < -0.4 is 4.72 Å². The van der Waals surface area contributed by atoms with Crippen LogP contribution in [0.3, 0.4) is 0 Å². The molecule has 2 atom stereocenters. The van der Waals surface area contributed by atoms with E-state index in [1.54, 1.807) is 0 Å². The molecule has 0 fully saturated rings. The lowest BCUT2D eigenvalue weighted by atomic mass is 9.91. The third-order valence-electron chi connectivity index (χ3n) is 3.31. The van der Waals surface area contributed by atoms with Gasteiger partial charge in [-0.2, -0.15) is 0 Å². The standard InChI is InChI=1S/C13H20ClNO3S/c1-9(2)10(3)13(8-16)15-19(17,18)12-6-4-11(14)5-7-12/h4-7,9-10,13,15-16H,8H2,1-3H3/t10-,13-/m1/s1.